The average Bonchev–Trinajstić information content (AvgIpc) is 2.46. The summed E-state index contributed by atoms with van der Waals surface area (Å²) >= 11 is 0. The lowest BCUT2D eigenvalue weighted by atomic mass is 10.1. The van der Waals surface area contributed by atoms with Gasteiger partial charge in [0.15, 0.2) is 0 Å². The SMILES string of the molecule is CC[C@H]1COCCN1C(=O)c1ccc(CN)cc1. The van der Waals surface area contributed by atoms with Crippen LogP contribution in [0.25, 0.3) is 0 Å². The maximum absolute atomic E-state index is 12.4. The Balaban J connectivity index is 2.13. The van der Waals surface area contributed by atoms with Gasteiger partial charge in [0.25, 0.3) is 5.91 Å². The molecule has 4 nitrogen and oxygen atoms in total. The van der Waals surface area contributed by atoms with Gasteiger partial charge in [-0.15, -0.1) is 0 Å². The van der Waals surface area contributed by atoms with Crippen LogP contribution in [0.5, 0.6) is 0 Å². The molecule has 1 amide bonds. The van der Waals surface area contributed by atoms with Crippen molar-refractivity contribution in [3.63, 3.8) is 0 Å². The summed E-state index contributed by atoms with van der Waals surface area (Å²) in [5, 5.41) is 0. The zero-order valence-electron chi connectivity index (χ0n) is 10.8. The molecule has 1 aromatic rings. The minimum absolute atomic E-state index is 0.0914. The normalized spacial score (nSPS) is 19.9. The summed E-state index contributed by atoms with van der Waals surface area (Å²) in [5.41, 5.74) is 7.32. The summed E-state index contributed by atoms with van der Waals surface area (Å²) in [6.45, 7) is 4.53. The Labute approximate surface area is 108 Å². The Morgan fingerprint density at radius 3 is 2.78 bits per heavy atom. The van der Waals surface area contributed by atoms with Gasteiger partial charge in [-0.25, -0.2) is 0 Å². The molecule has 0 aliphatic carbocycles. The first kappa shape index (κ1) is 13.1. The first-order valence-electron chi connectivity index (χ1n) is 6.44. The van der Waals surface area contributed by atoms with Gasteiger partial charge in [-0.3, -0.25) is 4.79 Å². The zero-order valence-corrected chi connectivity index (χ0v) is 10.8. The van der Waals surface area contributed by atoms with Crippen LogP contribution in [-0.4, -0.2) is 36.6 Å². The number of carbonyl (C=O) groups excluding carboxylic acids is 1. The van der Waals surface area contributed by atoms with Crippen LogP contribution in [0.1, 0.15) is 29.3 Å². The molecule has 0 radical (unpaired) electrons. The van der Waals surface area contributed by atoms with E-state index in [4.69, 9.17) is 10.5 Å². The Kier molecular flexibility index (Phi) is 4.33. The molecular weight excluding hydrogens is 228 g/mol. The first-order chi connectivity index (χ1) is 8.76. The molecule has 0 unspecified atom stereocenters. The molecule has 0 spiro atoms. The number of ether oxygens (including phenoxy) is 1. The summed E-state index contributed by atoms with van der Waals surface area (Å²) in [6.07, 6.45) is 0.923. The highest BCUT2D eigenvalue weighted by Gasteiger charge is 2.26. The molecule has 0 bridgehead atoms. The number of nitrogens with two attached hydrogens (primary N) is 1. The van der Waals surface area contributed by atoms with Gasteiger partial charge < -0.3 is 15.4 Å². The lowest BCUT2D eigenvalue weighted by molar-refractivity contribution is -0.00279. The average molecular weight is 248 g/mol. The highest BCUT2D eigenvalue weighted by Crippen LogP contribution is 2.15. The number of nitrogens with zero attached hydrogens (tertiary/aromatic N) is 1. The fourth-order valence-electron chi connectivity index (χ4n) is 2.21. The standard InChI is InChI=1S/C14H20N2O2/c1-2-13-10-18-8-7-16(13)14(17)12-5-3-11(9-15)4-6-12/h3-6,13H,2,7-10,15H2,1H3/t13-/m0/s1. The van der Waals surface area contributed by atoms with Crippen LogP contribution in [0, 0.1) is 0 Å². The van der Waals surface area contributed by atoms with Crippen molar-refractivity contribution in [3.05, 3.63) is 35.4 Å². The van der Waals surface area contributed by atoms with Crippen molar-refractivity contribution in [3.8, 4) is 0 Å². The third kappa shape index (κ3) is 2.71. The van der Waals surface area contributed by atoms with Crippen LogP contribution < -0.4 is 5.73 Å². The number of hydrogen-bond donors (Lipinski definition) is 1. The van der Waals surface area contributed by atoms with Crippen LogP contribution in [0.4, 0.5) is 0 Å². The molecule has 0 aromatic heterocycles. The predicted molar refractivity (Wildman–Crippen MR) is 70.3 cm³/mol. The molecule has 0 saturated carbocycles. The minimum atomic E-state index is 0.0914. The van der Waals surface area contributed by atoms with Gasteiger partial charge in [0.2, 0.25) is 0 Å². The molecule has 1 aliphatic heterocycles. The summed E-state index contributed by atoms with van der Waals surface area (Å²) in [5.74, 6) is 0.0914. The van der Waals surface area contributed by atoms with Gasteiger partial charge in [0.1, 0.15) is 0 Å². The van der Waals surface area contributed by atoms with Crippen LogP contribution >= 0.6 is 0 Å². The van der Waals surface area contributed by atoms with E-state index in [1.165, 1.54) is 0 Å². The Bertz CT molecular complexity index is 403. The van der Waals surface area contributed by atoms with Crippen molar-refractivity contribution >= 4 is 5.91 Å². The molecule has 2 rings (SSSR count). The van der Waals surface area contributed by atoms with E-state index in [0.29, 0.717) is 26.3 Å². The van der Waals surface area contributed by atoms with Crippen molar-refractivity contribution in [1.29, 1.82) is 0 Å². The third-order valence-corrected chi connectivity index (χ3v) is 3.40. The second-order valence-electron chi connectivity index (χ2n) is 4.54. The number of benzene rings is 1. The fourth-order valence-corrected chi connectivity index (χ4v) is 2.21. The quantitative estimate of drug-likeness (QED) is 0.879. The number of hydrogen-bond acceptors (Lipinski definition) is 3. The van der Waals surface area contributed by atoms with E-state index in [0.717, 1.165) is 17.5 Å². The molecule has 2 N–H and O–H groups in total. The summed E-state index contributed by atoms with van der Waals surface area (Å²) in [7, 11) is 0. The van der Waals surface area contributed by atoms with Crippen molar-refractivity contribution < 1.29 is 9.53 Å². The maximum atomic E-state index is 12.4. The predicted octanol–water partition coefficient (Wildman–Crippen LogP) is 1.40. The Hall–Kier alpha value is -1.39. The van der Waals surface area contributed by atoms with Crippen molar-refractivity contribution in [2.45, 2.75) is 25.9 Å². The smallest absolute Gasteiger partial charge is 0.254 e. The molecule has 1 aromatic carbocycles. The van der Waals surface area contributed by atoms with E-state index in [1.54, 1.807) is 0 Å². The highest BCUT2D eigenvalue weighted by molar-refractivity contribution is 5.94. The summed E-state index contributed by atoms with van der Waals surface area (Å²) < 4.78 is 5.42. The molecule has 98 valence electrons. The van der Waals surface area contributed by atoms with Crippen molar-refractivity contribution in [2.75, 3.05) is 19.8 Å². The second-order valence-corrected chi connectivity index (χ2v) is 4.54. The van der Waals surface area contributed by atoms with Crippen LogP contribution in [0.3, 0.4) is 0 Å². The number of morpholine rings is 1. The fraction of sp³-hybridized carbons (Fsp3) is 0.500. The van der Waals surface area contributed by atoms with Gasteiger partial charge in [0.05, 0.1) is 19.3 Å². The van der Waals surface area contributed by atoms with Gasteiger partial charge in [-0.1, -0.05) is 19.1 Å². The van der Waals surface area contributed by atoms with E-state index in [-0.39, 0.29) is 11.9 Å². The van der Waals surface area contributed by atoms with E-state index < -0.39 is 0 Å². The minimum Gasteiger partial charge on any atom is -0.377 e. The van der Waals surface area contributed by atoms with Gasteiger partial charge >= 0.3 is 0 Å². The molecule has 4 heteroatoms. The van der Waals surface area contributed by atoms with Gasteiger partial charge in [0, 0.05) is 18.7 Å². The van der Waals surface area contributed by atoms with Crippen LogP contribution in [-0.2, 0) is 11.3 Å². The van der Waals surface area contributed by atoms with Crippen molar-refractivity contribution in [2.24, 2.45) is 5.73 Å². The largest absolute Gasteiger partial charge is 0.377 e. The van der Waals surface area contributed by atoms with Crippen molar-refractivity contribution in [1.82, 2.24) is 4.90 Å². The maximum Gasteiger partial charge on any atom is 0.254 e. The topological polar surface area (TPSA) is 55.6 Å². The lowest BCUT2D eigenvalue weighted by Gasteiger charge is -2.35. The molecule has 1 atom stereocenters. The van der Waals surface area contributed by atoms with Crippen LogP contribution in [0.2, 0.25) is 0 Å². The zero-order chi connectivity index (χ0) is 13.0. The number of amides is 1. The van der Waals surface area contributed by atoms with E-state index in [1.807, 2.05) is 29.2 Å². The molecule has 1 aliphatic rings. The molecular formula is C14H20N2O2. The Morgan fingerprint density at radius 2 is 2.17 bits per heavy atom. The summed E-state index contributed by atoms with van der Waals surface area (Å²) in [6, 6.07) is 7.73. The van der Waals surface area contributed by atoms with E-state index in [2.05, 4.69) is 6.92 Å². The van der Waals surface area contributed by atoms with E-state index >= 15 is 0 Å². The monoisotopic (exact) mass is 248 g/mol. The lowest BCUT2D eigenvalue weighted by Crippen LogP contribution is -2.48. The first-order valence-corrected chi connectivity index (χ1v) is 6.44. The van der Waals surface area contributed by atoms with E-state index in [9.17, 15) is 4.79 Å². The number of carbonyl (C=O) groups is 1. The summed E-state index contributed by atoms with van der Waals surface area (Å²) in [4.78, 5) is 14.3. The van der Waals surface area contributed by atoms with Gasteiger partial charge in [-0.2, -0.15) is 0 Å². The van der Waals surface area contributed by atoms with Gasteiger partial charge in [-0.05, 0) is 24.1 Å². The Morgan fingerprint density at radius 1 is 1.44 bits per heavy atom. The molecule has 1 fully saturated rings. The molecule has 1 saturated heterocycles. The molecule has 1 heterocycles. The van der Waals surface area contributed by atoms with Crippen LogP contribution in [0.15, 0.2) is 24.3 Å². The third-order valence-electron chi connectivity index (χ3n) is 3.40. The highest BCUT2D eigenvalue weighted by atomic mass is 16.5. The number of rotatable bonds is 3. The molecule has 18 heavy (non-hydrogen) atoms. The second kappa shape index (κ2) is 5.98.